The molecule has 0 fully saturated rings. The van der Waals surface area contributed by atoms with Gasteiger partial charge in [-0.2, -0.15) is 0 Å². The van der Waals surface area contributed by atoms with Crippen LogP contribution in [0.2, 0.25) is 0 Å². The van der Waals surface area contributed by atoms with Crippen LogP contribution in [0.3, 0.4) is 0 Å². The molecule has 0 heterocycles. The van der Waals surface area contributed by atoms with Gasteiger partial charge in [0.25, 0.3) is 0 Å². The Morgan fingerprint density at radius 1 is 0.840 bits per heavy atom. The Morgan fingerprint density at radius 2 is 1.52 bits per heavy atom. The molecule has 3 rings (SSSR count). The van der Waals surface area contributed by atoms with Crippen molar-refractivity contribution >= 4 is 0 Å². The van der Waals surface area contributed by atoms with E-state index in [1.54, 1.807) is 0 Å². The Balaban J connectivity index is 1.66. The molecule has 3 aromatic carbocycles. The molecule has 1 nitrogen and oxygen atoms in total. The highest BCUT2D eigenvalue weighted by atomic mass is 16.5. The third-order valence-corrected chi connectivity index (χ3v) is 4.90. The van der Waals surface area contributed by atoms with Gasteiger partial charge in [0.05, 0.1) is 0 Å². The molecular weight excluding hydrogens is 304 g/mol. The average molecular weight is 330 g/mol. The van der Waals surface area contributed by atoms with E-state index in [4.69, 9.17) is 4.74 Å². The summed E-state index contributed by atoms with van der Waals surface area (Å²) in [6.07, 6.45) is 1.17. The van der Waals surface area contributed by atoms with Gasteiger partial charge >= 0.3 is 0 Å². The number of hydrogen-bond acceptors (Lipinski definition) is 1. The molecule has 0 saturated carbocycles. The van der Waals surface area contributed by atoms with Crippen molar-refractivity contribution in [1.29, 1.82) is 0 Å². The van der Waals surface area contributed by atoms with E-state index in [0.29, 0.717) is 12.5 Å². The van der Waals surface area contributed by atoms with Gasteiger partial charge in [0.2, 0.25) is 0 Å². The Morgan fingerprint density at radius 3 is 2.16 bits per heavy atom. The predicted octanol–water partition coefficient (Wildman–Crippen LogP) is 6.75. The fourth-order valence-electron chi connectivity index (χ4n) is 2.96. The minimum atomic E-state index is 0.608. The molecule has 0 aliphatic heterocycles. The Labute approximate surface area is 151 Å². The highest BCUT2D eigenvalue weighted by molar-refractivity contribution is 5.63. The van der Waals surface area contributed by atoms with Crippen LogP contribution in [0.25, 0.3) is 11.1 Å². The van der Waals surface area contributed by atoms with Gasteiger partial charge in [-0.1, -0.05) is 74.5 Å². The van der Waals surface area contributed by atoms with Crippen LogP contribution in [0, 0.1) is 6.92 Å². The first-order valence-corrected chi connectivity index (χ1v) is 9.05. The van der Waals surface area contributed by atoms with E-state index in [-0.39, 0.29) is 0 Å². The highest BCUT2D eigenvalue weighted by Gasteiger charge is 2.06. The van der Waals surface area contributed by atoms with Crippen molar-refractivity contribution in [2.45, 2.75) is 39.7 Å². The maximum Gasteiger partial charge on any atom is 0.119 e. The standard InChI is InChI=1S/C24H26O/c1-4-18(2)22-10-11-23(19(3)16-22)17-25-24-14-12-21(13-15-24)20-8-6-5-7-9-20/h5-16,18H,4,17H2,1-3H3. The van der Waals surface area contributed by atoms with E-state index in [9.17, 15) is 0 Å². The molecule has 0 N–H and O–H groups in total. The fraction of sp³-hybridized carbons (Fsp3) is 0.250. The Hall–Kier alpha value is -2.54. The van der Waals surface area contributed by atoms with Crippen LogP contribution in [0.4, 0.5) is 0 Å². The molecule has 1 heteroatoms. The third kappa shape index (κ3) is 4.30. The van der Waals surface area contributed by atoms with Crippen molar-refractivity contribution in [1.82, 2.24) is 0 Å². The number of aryl methyl sites for hydroxylation is 1. The van der Waals surface area contributed by atoms with Crippen molar-refractivity contribution in [3.63, 3.8) is 0 Å². The first kappa shape index (κ1) is 17.3. The molecule has 0 spiro atoms. The van der Waals surface area contributed by atoms with E-state index in [2.05, 4.69) is 75.4 Å². The molecule has 0 aliphatic carbocycles. The van der Waals surface area contributed by atoms with Crippen LogP contribution in [0.1, 0.15) is 42.9 Å². The highest BCUT2D eigenvalue weighted by Crippen LogP contribution is 2.24. The van der Waals surface area contributed by atoms with E-state index in [1.165, 1.54) is 34.2 Å². The van der Waals surface area contributed by atoms with Gasteiger partial charge in [0.15, 0.2) is 0 Å². The quantitative estimate of drug-likeness (QED) is 0.485. The maximum absolute atomic E-state index is 5.99. The number of hydrogen-bond donors (Lipinski definition) is 0. The Bertz CT molecular complexity index is 803. The molecule has 0 bridgehead atoms. The summed E-state index contributed by atoms with van der Waals surface area (Å²) in [5.41, 5.74) is 6.40. The summed E-state index contributed by atoms with van der Waals surface area (Å²) in [5, 5.41) is 0. The summed E-state index contributed by atoms with van der Waals surface area (Å²) in [7, 11) is 0. The van der Waals surface area contributed by atoms with Crippen LogP contribution in [-0.2, 0) is 6.61 Å². The molecular formula is C24H26O. The topological polar surface area (TPSA) is 9.23 Å². The smallest absolute Gasteiger partial charge is 0.119 e. The predicted molar refractivity (Wildman–Crippen MR) is 106 cm³/mol. The molecule has 1 unspecified atom stereocenters. The van der Waals surface area contributed by atoms with E-state index < -0.39 is 0 Å². The lowest BCUT2D eigenvalue weighted by Gasteiger charge is -2.14. The summed E-state index contributed by atoms with van der Waals surface area (Å²) in [6, 6.07) is 25.5. The first-order chi connectivity index (χ1) is 12.2. The molecule has 25 heavy (non-hydrogen) atoms. The normalized spacial score (nSPS) is 12.0. The number of rotatable bonds is 6. The second kappa shape index (κ2) is 8.02. The zero-order valence-corrected chi connectivity index (χ0v) is 15.3. The van der Waals surface area contributed by atoms with Gasteiger partial charge in [-0.05, 0) is 59.2 Å². The molecule has 3 aromatic rings. The van der Waals surface area contributed by atoms with Gasteiger partial charge in [-0.15, -0.1) is 0 Å². The van der Waals surface area contributed by atoms with Crippen molar-refractivity contribution in [3.05, 3.63) is 89.5 Å². The summed E-state index contributed by atoms with van der Waals surface area (Å²) in [5.74, 6) is 1.52. The minimum absolute atomic E-state index is 0.608. The van der Waals surface area contributed by atoms with Crippen molar-refractivity contribution < 1.29 is 4.74 Å². The molecule has 0 amide bonds. The van der Waals surface area contributed by atoms with Crippen molar-refractivity contribution in [2.24, 2.45) is 0 Å². The summed E-state index contributed by atoms with van der Waals surface area (Å²) in [4.78, 5) is 0. The lowest BCUT2D eigenvalue weighted by molar-refractivity contribution is 0.305. The van der Waals surface area contributed by atoms with Crippen LogP contribution < -0.4 is 4.74 Å². The minimum Gasteiger partial charge on any atom is -0.489 e. The summed E-state index contributed by atoms with van der Waals surface area (Å²) >= 11 is 0. The summed E-state index contributed by atoms with van der Waals surface area (Å²) in [6.45, 7) is 7.29. The van der Waals surface area contributed by atoms with Gasteiger partial charge < -0.3 is 4.74 Å². The second-order valence-electron chi connectivity index (χ2n) is 6.67. The van der Waals surface area contributed by atoms with Crippen molar-refractivity contribution in [3.8, 4) is 16.9 Å². The molecule has 0 aromatic heterocycles. The first-order valence-electron chi connectivity index (χ1n) is 9.05. The molecule has 0 aliphatic rings. The van der Waals surface area contributed by atoms with E-state index >= 15 is 0 Å². The van der Waals surface area contributed by atoms with Crippen LogP contribution >= 0.6 is 0 Å². The third-order valence-electron chi connectivity index (χ3n) is 4.90. The van der Waals surface area contributed by atoms with E-state index in [1.807, 2.05) is 18.2 Å². The van der Waals surface area contributed by atoms with Crippen molar-refractivity contribution in [2.75, 3.05) is 0 Å². The van der Waals surface area contributed by atoms with Gasteiger partial charge in [-0.25, -0.2) is 0 Å². The SMILES string of the molecule is CCC(C)c1ccc(COc2ccc(-c3ccccc3)cc2)c(C)c1. The second-order valence-corrected chi connectivity index (χ2v) is 6.67. The summed E-state index contributed by atoms with van der Waals surface area (Å²) < 4.78 is 5.99. The zero-order chi connectivity index (χ0) is 17.6. The zero-order valence-electron chi connectivity index (χ0n) is 15.3. The van der Waals surface area contributed by atoms with Gasteiger partial charge in [0.1, 0.15) is 12.4 Å². The molecule has 1 atom stereocenters. The lowest BCUT2D eigenvalue weighted by Crippen LogP contribution is -2.00. The van der Waals surface area contributed by atoms with Crippen LogP contribution in [-0.4, -0.2) is 0 Å². The van der Waals surface area contributed by atoms with Crippen LogP contribution in [0.5, 0.6) is 5.75 Å². The van der Waals surface area contributed by atoms with Crippen LogP contribution in [0.15, 0.2) is 72.8 Å². The largest absolute Gasteiger partial charge is 0.489 e. The number of ether oxygens (including phenoxy) is 1. The monoisotopic (exact) mass is 330 g/mol. The average Bonchev–Trinajstić information content (AvgIpc) is 2.67. The molecule has 0 radical (unpaired) electrons. The number of benzene rings is 3. The van der Waals surface area contributed by atoms with Gasteiger partial charge in [-0.3, -0.25) is 0 Å². The fourth-order valence-corrected chi connectivity index (χ4v) is 2.96. The molecule has 128 valence electrons. The Kier molecular flexibility index (Phi) is 5.55. The maximum atomic E-state index is 5.99. The lowest BCUT2D eigenvalue weighted by atomic mass is 9.95. The molecule has 0 saturated heterocycles. The van der Waals surface area contributed by atoms with E-state index in [0.717, 1.165) is 5.75 Å². The van der Waals surface area contributed by atoms with Gasteiger partial charge in [0, 0.05) is 0 Å².